The molecular formula is C12H23NO. The minimum Gasteiger partial charge on any atom is -0.396 e. The molecule has 0 radical (unpaired) electrons. The van der Waals surface area contributed by atoms with Gasteiger partial charge in [-0.15, -0.1) is 0 Å². The van der Waals surface area contributed by atoms with Gasteiger partial charge in [0.2, 0.25) is 0 Å². The van der Waals surface area contributed by atoms with E-state index in [2.05, 4.69) is 0 Å². The van der Waals surface area contributed by atoms with Crippen LogP contribution in [0.25, 0.3) is 0 Å². The Morgan fingerprint density at radius 1 is 1.21 bits per heavy atom. The van der Waals surface area contributed by atoms with Crippen molar-refractivity contribution in [3.8, 4) is 0 Å². The van der Waals surface area contributed by atoms with Crippen LogP contribution in [0.1, 0.15) is 44.9 Å². The smallest absolute Gasteiger partial charge is 0.0436 e. The van der Waals surface area contributed by atoms with Crippen LogP contribution in [0.15, 0.2) is 0 Å². The van der Waals surface area contributed by atoms with Gasteiger partial charge in [0.15, 0.2) is 0 Å². The summed E-state index contributed by atoms with van der Waals surface area (Å²) >= 11 is 0. The Balaban J connectivity index is 1.95. The van der Waals surface area contributed by atoms with Gasteiger partial charge in [-0.05, 0) is 55.9 Å². The van der Waals surface area contributed by atoms with Crippen LogP contribution in [0.3, 0.4) is 0 Å². The molecule has 0 aromatic rings. The lowest BCUT2D eigenvalue weighted by atomic mass is 9.66. The maximum Gasteiger partial charge on any atom is 0.0436 e. The molecule has 0 bridgehead atoms. The highest BCUT2D eigenvalue weighted by atomic mass is 16.3. The summed E-state index contributed by atoms with van der Waals surface area (Å²) in [5.41, 5.74) is 6.19. The van der Waals surface area contributed by atoms with Gasteiger partial charge in [-0.1, -0.05) is 12.8 Å². The maximum atomic E-state index is 9.10. The van der Waals surface area contributed by atoms with Crippen molar-refractivity contribution in [2.75, 3.05) is 13.2 Å². The van der Waals surface area contributed by atoms with Crippen molar-refractivity contribution >= 4 is 0 Å². The lowest BCUT2D eigenvalue weighted by Crippen LogP contribution is -2.37. The number of aliphatic hydroxyl groups is 1. The Labute approximate surface area is 86.9 Å². The van der Waals surface area contributed by atoms with E-state index in [0.717, 1.165) is 24.8 Å². The van der Waals surface area contributed by atoms with E-state index < -0.39 is 0 Å². The first kappa shape index (κ1) is 10.4. The number of hydrogen-bond acceptors (Lipinski definition) is 2. The monoisotopic (exact) mass is 197 g/mol. The summed E-state index contributed by atoms with van der Waals surface area (Å²) in [6.45, 7) is 1.09. The van der Waals surface area contributed by atoms with E-state index in [4.69, 9.17) is 10.8 Å². The first-order chi connectivity index (χ1) is 6.79. The molecule has 2 unspecified atom stereocenters. The molecule has 2 rings (SSSR count). The van der Waals surface area contributed by atoms with Gasteiger partial charge in [-0.3, -0.25) is 0 Å². The van der Waals surface area contributed by atoms with E-state index in [9.17, 15) is 0 Å². The van der Waals surface area contributed by atoms with Crippen molar-refractivity contribution in [2.45, 2.75) is 44.9 Å². The summed E-state index contributed by atoms with van der Waals surface area (Å²) in [6.07, 6.45) is 9.10. The summed E-state index contributed by atoms with van der Waals surface area (Å²) in [5.74, 6) is 1.94. The Bertz CT molecular complexity index is 187. The Morgan fingerprint density at radius 2 is 2.00 bits per heavy atom. The molecular weight excluding hydrogens is 174 g/mol. The van der Waals surface area contributed by atoms with Crippen LogP contribution >= 0.6 is 0 Å². The van der Waals surface area contributed by atoms with Gasteiger partial charge < -0.3 is 10.8 Å². The van der Waals surface area contributed by atoms with Gasteiger partial charge in [-0.25, -0.2) is 0 Å². The van der Waals surface area contributed by atoms with Crippen molar-refractivity contribution in [1.82, 2.24) is 0 Å². The largest absolute Gasteiger partial charge is 0.396 e. The molecule has 14 heavy (non-hydrogen) atoms. The van der Waals surface area contributed by atoms with E-state index in [-0.39, 0.29) is 0 Å². The highest BCUT2D eigenvalue weighted by Crippen LogP contribution is 2.50. The second-order valence-corrected chi connectivity index (χ2v) is 5.37. The Morgan fingerprint density at radius 3 is 2.57 bits per heavy atom. The predicted octanol–water partition coefficient (Wildman–Crippen LogP) is 1.91. The van der Waals surface area contributed by atoms with Crippen LogP contribution in [0, 0.1) is 17.3 Å². The van der Waals surface area contributed by atoms with Crippen molar-refractivity contribution < 1.29 is 5.11 Å². The first-order valence-electron chi connectivity index (χ1n) is 6.11. The highest BCUT2D eigenvalue weighted by Gasteiger charge is 2.40. The number of rotatable bonds is 4. The molecule has 2 aliphatic carbocycles. The van der Waals surface area contributed by atoms with E-state index in [1.165, 1.54) is 38.5 Å². The second kappa shape index (κ2) is 4.19. The molecule has 2 nitrogen and oxygen atoms in total. The first-order valence-corrected chi connectivity index (χ1v) is 6.11. The van der Waals surface area contributed by atoms with Gasteiger partial charge in [0.05, 0.1) is 0 Å². The summed E-state index contributed by atoms with van der Waals surface area (Å²) in [4.78, 5) is 0. The van der Waals surface area contributed by atoms with Crippen LogP contribution in [0.5, 0.6) is 0 Å². The molecule has 82 valence electrons. The molecule has 0 saturated heterocycles. The quantitative estimate of drug-likeness (QED) is 0.723. The number of hydrogen-bond donors (Lipinski definition) is 2. The summed E-state index contributed by atoms with van der Waals surface area (Å²) in [5, 5.41) is 9.10. The molecule has 0 aromatic heterocycles. The SMILES string of the molecule is NCC1(CCO)CCCC(C2CC2)C1. The lowest BCUT2D eigenvalue weighted by Gasteiger charge is -2.40. The van der Waals surface area contributed by atoms with Crippen LogP contribution in [0.2, 0.25) is 0 Å². The van der Waals surface area contributed by atoms with Crippen LogP contribution in [-0.4, -0.2) is 18.3 Å². The third-order valence-corrected chi connectivity index (χ3v) is 4.34. The molecule has 2 atom stereocenters. The fourth-order valence-electron chi connectivity index (χ4n) is 3.22. The predicted molar refractivity (Wildman–Crippen MR) is 57.9 cm³/mol. The summed E-state index contributed by atoms with van der Waals surface area (Å²) in [6, 6.07) is 0. The van der Waals surface area contributed by atoms with E-state index in [1.54, 1.807) is 0 Å². The van der Waals surface area contributed by atoms with Crippen LogP contribution in [-0.2, 0) is 0 Å². The van der Waals surface area contributed by atoms with Gasteiger partial charge in [0.25, 0.3) is 0 Å². The van der Waals surface area contributed by atoms with Crippen molar-refractivity contribution in [3.63, 3.8) is 0 Å². The van der Waals surface area contributed by atoms with Crippen LogP contribution in [0.4, 0.5) is 0 Å². The highest BCUT2D eigenvalue weighted by molar-refractivity contribution is 4.92. The fraction of sp³-hybridized carbons (Fsp3) is 1.00. The summed E-state index contributed by atoms with van der Waals surface area (Å²) < 4.78 is 0. The molecule has 0 aliphatic heterocycles. The van der Waals surface area contributed by atoms with Crippen molar-refractivity contribution in [1.29, 1.82) is 0 Å². The number of nitrogens with two attached hydrogens (primary N) is 1. The maximum absolute atomic E-state index is 9.10. The average molecular weight is 197 g/mol. The van der Waals surface area contributed by atoms with Gasteiger partial charge >= 0.3 is 0 Å². The van der Waals surface area contributed by atoms with E-state index in [0.29, 0.717) is 12.0 Å². The third-order valence-electron chi connectivity index (χ3n) is 4.34. The molecule has 0 aromatic carbocycles. The minimum atomic E-state index is 0.292. The molecule has 2 heteroatoms. The van der Waals surface area contributed by atoms with E-state index >= 15 is 0 Å². The third kappa shape index (κ3) is 2.12. The summed E-state index contributed by atoms with van der Waals surface area (Å²) in [7, 11) is 0. The van der Waals surface area contributed by atoms with Crippen molar-refractivity contribution in [3.05, 3.63) is 0 Å². The molecule has 2 saturated carbocycles. The number of aliphatic hydroxyl groups excluding tert-OH is 1. The standard InChI is InChI=1S/C12H23NO/c13-9-12(6-7-14)5-1-2-11(8-12)10-3-4-10/h10-11,14H,1-9,13H2. The van der Waals surface area contributed by atoms with E-state index in [1.807, 2.05) is 0 Å². The lowest BCUT2D eigenvalue weighted by molar-refractivity contribution is 0.0956. The minimum absolute atomic E-state index is 0.292. The molecule has 0 heterocycles. The zero-order valence-corrected chi connectivity index (χ0v) is 9.04. The molecule has 0 spiro atoms. The topological polar surface area (TPSA) is 46.2 Å². The zero-order valence-electron chi connectivity index (χ0n) is 9.04. The molecule has 3 N–H and O–H groups in total. The normalized spacial score (nSPS) is 38.6. The average Bonchev–Trinajstić information content (AvgIpc) is 3.02. The van der Waals surface area contributed by atoms with Crippen LogP contribution < -0.4 is 5.73 Å². The Hall–Kier alpha value is -0.0800. The van der Waals surface area contributed by atoms with Gasteiger partial charge in [0, 0.05) is 6.61 Å². The fourth-order valence-corrected chi connectivity index (χ4v) is 3.22. The molecule has 0 amide bonds. The van der Waals surface area contributed by atoms with Gasteiger partial charge in [-0.2, -0.15) is 0 Å². The zero-order chi connectivity index (χ0) is 10.0. The molecule has 2 fully saturated rings. The van der Waals surface area contributed by atoms with Crippen molar-refractivity contribution in [2.24, 2.45) is 23.0 Å². The Kier molecular flexibility index (Phi) is 3.13. The van der Waals surface area contributed by atoms with Gasteiger partial charge in [0.1, 0.15) is 0 Å². The molecule has 2 aliphatic rings. The second-order valence-electron chi connectivity index (χ2n) is 5.37.